The minimum absolute atomic E-state index is 0.0159. The van der Waals surface area contributed by atoms with Gasteiger partial charge in [0.15, 0.2) is 0 Å². The molecule has 0 radical (unpaired) electrons. The van der Waals surface area contributed by atoms with E-state index in [1.165, 1.54) is 18.2 Å². The molecule has 0 bridgehead atoms. The molecule has 0 aromatic heterocycles. The van der Waals surface area contributed by atoms with Gasteiger partial charge in [0.25, 0.3) is 5.91 Å². The average molecular weight is 286 g/mol. The lowest BCUT2D eigenvalue weighted by Crippen LogP contribution is -2.26. The lowest BCUT2D eigenvalue weighted by molar-refractivity contribution is 0.0954. The highest BCUT2D eigenvalue weighted by molar-refractivity contribution is 5.99. The van der Waals surface area contributed by atoms with Crippen LogP contribution in [0.4, 0.5) is 5.69 Å². The maximum atomic E-state index is 12.0. The van der Waals surface area contributed by atoms with Crippen molar-refractivity contribution in [2.75, 3.05) is 19.4 Å². The number of amides is 1. The van der Waals surface area contributed by atoms with Crippen molar-refractivity contribution >= 4 is 11.6 Å². The summed E-state index contributed by atoms with van der Waals surface area (Å²) in [6, 6.07) is 12.0. The number of rotatable bonds is 5. The third kappa shape index (κ3) is 3.89. The standard InChI is InChI=1S/C16H18N2O3/c1-21-13-4-2-3-11(9-13)7-8-18-16(20)14-10-12(19)5-6-15(14)17/h2-6,9-10,19H,7-8,17H2,1H3,(H,18,20). The number of hydrogen-bond donors (Lipinski definition) is 3. The number of aromatic hydroxyl groups is 1. The van der Waals surface area contributed by atoms with Crippen molar-refractivity contribution < 1.29 is 14.6 Å². The molecule has 0 aliphatic rings. The Bertz CT molecular complexity index is 641. The molecule has 5 heteroatoms. The first-order chi connectivity index (χ1) is 10.1. The van der Waals surface area contributed by atoms with E-state index in [2.05, 4.69) is 5.32 Å². The summed E-state index contributed by atoms with van der Waals surface area (Å²) in [5.74, 6) is 0.504. The molecule has 0 heterocycles. The number of ether oxygens (including phenoxy) is 1. The van der Waals surface area contributed by atoms with Gasteiger partial charge < -0.3 is 20.9 Å². The smallest absolute Gasteiger partial charge is 0.253 e. The highest BCUT2D eigenvalue weighted by atomic mass is 16.5. The van der Waals surface area contributed by atoms with Crippen LogP contribution in [-0.2, 0) is 6.42 Å². The average Bonchev–Trinajstić information content (AvgIpc) is 2.49. The van der Waals surface area contributed by atoms with Crippen molar-refractivity contribution in [3.63, 3.8) is 0 Å². The number of phenolic OH excluding ortho intramolecular Hbond substituents is 1. The molecule has 2 rings (SSSR count). The first-order valence-corrected chi connectivity index (χ1v) is 6.60. The molecule has 1 amide bonds. The second-order valence-corrected chi connectivity index (χ2v) is 4.63. The molecule has 21 heavy (non-hydrogen) atoms. The zero-order valence-corrected chi connectivity index (χ0v) is 11.8. The molecule has 0 spiro atoms. The van der Waals surface area contributed by atoms with E-state index in [4.69, 9.17) is 10.5 Å². The summed E-state index contributed by atoms with van der Waals surface area (Å²) in [4.78, 5) is 12.0. The van der Waals surface area contributed by atoms with Crippen LogP contribution in [0, 0.1) is 0 Å². The topological polar surface area (TPSA) is 84.6 Å². The molecular formula is C16H18N2O3. The van der Waals surface area contributed by atoms with E-state index in [-0.39, 0.29) is 17.2 Å². The van der Waals surface area contributed by atoms with E-state index in [0.717, 1.165) is 11.3 Å². The molecule has 0 aliphatic carbocycles. The molecule has 0 saturated heterocycles. The van der Waals surface area contributed by atoms with Gasteiger partial charge in [-0.1, -0.05) is 12.1 Å². The summed E-state index contributed by atoms with van der Waals surface area (Å²) in [7, 11) is 1.62. The van der Waals surface area contributed by atoms with Gasteiger partial charge >= 0.3 is 0 Å². The number of nitrogens with two attached hydrogens (primary N) is 1. The third-order valence-electron chi connectivity index (χ3n) is 3.11. The maximum absolute atomic E-state index is 12.0. The SMILES string of the molecule is COc1cccc(CCNC(=O)c2cc(O)ccc2N)c1. The number of carbonyl (C=O) groups is 1. The highest BCUT2D eigenvalue weighted by Crippen LogP contribution is 2.18. The van der Waals surface area contributed by atoms with Crippen LogP contribution in [0.25, 0.3) is 0 Å². The van der Waals surface area contributed by atoms with Crippen molar-refractivity contribution in [2.24, 2.45) is 0 Å². The number of hydrogen-bond acceptors (Lipinski definition) is 4. The van der Waals surface area contributed by atoms with Crippen LogP contribution in [0.15, 0.2) is 42.5 Å². The number of benzene rings is 2. The van der Waals surface area contributed by atoms with E-state index in [1.54, 1.807) is 7.11 Å². The van der Waals surface area contributed by atoms with Crippen molar-refractivity contribution in [3.8, 4) is 11.5 Å². The summed E-state index contributed by atoms with van der Waals surface area (Å²) >= 11 is 0. The predicted molar refractivity (Wildman–Crippen MR) is 81.6 cm³/mol. The van der Waals surface area contributed by atoms with Gasteiger partial charge in [-0.05, 0) is 42.3 Å². The molecule has 110 valence electrons. The van der Waals surface area contributed by atoms with Crippen molar-refractivity contribution in [1.29, 1.82) is 0 Å². The van der Waals surface area contributed by atoms with Gasteiger partial charge in [-0.2, -0.15) is 0 Å². The van der Waals surface area contributed by atoms with Crippen LogP contribution in [0.5, 0.6) is 11.5 Å². The van der Waals surface area contributed by atoms with Gasteiger partial charge in [0.1, 0.15) is 11.5 Å². The summed E-state index contributed by atoms with van der Waals surface area (Å²) in [6.45, 7) is 0.473. The Morgan fingerprint density at radius 2 is 2.10 bits per heavy atom. The fraction of sp³-hybridized carbons (Fsp3) is 0.188. The molecule has 2 aromatic rings. The van der Waals surface area contributed by atoms with Crippen LogP contribution in [0.3, 0.4) is 0 Å². The van der Waals surface area contributed by atoms with Crippen LogP contribution in [0.1, 0.15) is 15.9 Å². The number of methoxy groups -OCH3 is 1. The number of anilines is 1. The minimum Gasteiger partial charge on any atom is -0.508 e. The van der Waals surface area contributed by atoms with Crippen molar-refractivity contribution in [1.82, 2.24) is 5.32 Å². The molecule has 0 aliphatic heterocycles. The molecule has 0 unspecified atom stereocenters. The van der Waals surface area contributed by atoms with Crippen LogP contribution in [-0.4, -0.2) is 24.7 Å². The molecule has 5 nitrogen and oxygen atoms in total. The van der Waals surface area contributed by atoms with E-state index >= 15 is 0 Å². The fourth-order valence-corrected chi connectivity index (χ4v) is 1.98. The lowest BCUT2D eigenvalue weighted by Gasteiger charge is -2.08. The Kier molecular flexibility index (Phi) is 4.66. The van der Waals surface area contributed by atoms with Gasteiger partial charge in [0, 0.05) is 12.2 Å². The largest absolute Gasteiger partial charge is 0.508 e. The second kappa shape index (κ2) is 6.65. The van der Waals surface area contributed by atoms with Gasteiger partial charge in [-0.3, -0.25) is 4.79 Å². The predicted octanol–water partition coefficient (Wildman–Crippen LogP) is 1.96. The Hall–Kier alpha value is -2.69. The third-order valence-corrected chi connectivity index (χ3v) is 3.11. The van der Waals surface area contributed by atoms with Gasteiger partial charge in [0.05, 0.1) is 12.7 Å². The van der Waals surface area contributed by atoms with Crippen LogP contribution in [0.2, 0.25) is 0 Å². The minimum atomic E-state index is -0.300. The monoisotopic (exact) mass is 286 g/mol. The van der Waals surface area contributed by atoms with Crippen LogP contribution >= 0.6 is 0 Å². The van der Waals surface area contributed by atoms with Gasteiger partial charge in [-0.15, -0.1) is 0 Å². The first-order valence-electron chi connectivity index (χ1n) is 6.60. The maximum Gasteiger partial charge on any atom is 0.253 e. The van der Waals surface area contributed by atoms with Gasteiger partial charge in [0.2, 0.25) is 0 Å². The van der Waals surface area contributed by atoms with E-state index in [0.29, 0.717) is 18.7 Å². The number of carbonyl (C=O) groups excluding carboxylic acids is 1. The molecule has 0 saturated carbocycles. The van der Waals surface area contributed by atoms with E-state index in [1.807, 2.05) is 24.3 Å². The summed E-state index contributed by atoms with van der Waals surface area (Å²) < 4.78 is 5.15. The van der Waals surface area contributed by atoms with E-state index in [9.17, 15) is 9.90 Å². The number of phenols is 1. The normalized spacial score (nSPS) is 10.1. The van der Waals surface area contributed by atoms with E-state index < -0.39 is 0 Å². The van der Waals surface area contributed by atoms with Crippen molar-refractivity contribution in [2.45, 2.75) is 6.42 Å². The first kappa shape index (κ1) is 14.7. The Balaban J connectivity index is 1.93. The Labute approximate surface area is 123 Å². The Morgan fingerprint density at radius 3 is 2.86 bits per heavy atom. The zero-order chi connectivity index (χ0) is 15.2. The molecule has 2 aromatic carbocycles. The van der Waals surface area contributed by atoms with Crippen LogP contribution < -0.4 is 15.8 Å². The highest BCUT2D eigenvalue weighted by Gasteiger charge is 2.10. The summed E-state index contributed by atoms with van der Waals surface area (Å²) in [5.41, 5.74) is 7.41. The molecule has 4 N–H and O–H groups in total. The lowest BCUT2D eigenvalue weighted by atomic mass is 10.1. The fourth-order valence-electron chi connectivity index (χ4n) is 1.98. The zero-order valence-electron chi connectivity index (χ0n) is 11.8. The number of nitrogens with one attached hydrogen (secondary N) is 1. The molecular weight excluding hydrogens is 268 g/mol. The number of nitrogen functional groups attached to an aromatic ring is 1. The summed E-state index contributed by atoms with van der Waals surface area (Å²) in [6.07, 6.45) is 0.682. The summed E-state index contributed by atoms with van der Waals surface area (Å²) in [5, 5.41) is 12.2. The Morgan fingerprint density at radius 1 is 1.29 bits per heavy atom. The van der Waals surface area contributed by atoms with Crippen molar-refractivity contribution in [3.05, 3.63) is 53.6 Å². The van der Waals surface area contributed by atoms with Gasteiger partial charge in [-0.25, -0.2) is 0 Å². The second-order valence-electron chi connectivity index (χ2n) is 4.63. The quantitative estimate of drug-likeness (QED) is 0.579. The molecule has 0 atom stereocenters. The molecule has 0 fully saturated rings.